The molecular formula is C24H26N2O3. The number of hydrogen-bond donors (Lipinski definition) is 3. The SMILES string of the molecule is COc1ccccc1CCNCC(O)COc1cccc2[nH]c3ccccc3c12. The summed E-state index contributed by atoms with van der Waals surface area (Å²) >= 11 is 0. The molecule has 3 N–H and O–H groups in total. The summed E-state index contributed by atoms with van der Waals surface area (Å²) in [7, 11) is 1.68. The second kappa shape index (κ2) is 8.99. The third-order valence-corrected chi connectivity index (χ3v) is 5.07. The van der Waals surface area contributed by atoms with E-state index in [1.807, 2.05) is 48.5 Å². The second-order valence-electron chi connectivity index (χ2n) is 7.08. The zero-order valence-corrected chi connectivity index (χ0v) is 16.5. The van der Waals surface area contributed by atoms with Crippen molar-refractivity contribution in [2.75, 3.05) is 26.8 Å². The highest BCUT2D eigenvalue weighted by molar-refractivity contribution is 6.10. The van der Waals surface area contributed by atoms with Crippen molar-refractivity contribution < 1.29 is 14.6 Å². The maximum Gasteiger partial charge on any atom is 0.129 e. The van der Waals surface area contributed by atoms with Crippen LogP contribution in [-0.4, -0.2) is 43.0 Å². The number of hydrogen-bond acceptors (Lipinski definition) is 4. The molecule has 29 heavy (non-hydrogen) atoms. The van der Waals surface area contributed by atoms with E-state index in [1.54, 1.807) is 7.11 Å². The Kier molecular flexibility index (Phi) is 5.98. The molecule has 0 spiro atoms. The Morgan fingerprint density at radius 3 is 2.59 bits per heavy atom. The first-order chi connectivity index (χ1) is 14.3. The van der Waals surface area contributed by atoms with Crippen LogP contribution in [-0.2, 0) is 6.42 Å². The summed E-state index contributed by atoms with van der Waals surface area (Å²) in [6.07, 6.45) is 0.250. The molecule has 150 valence electrons. The van der Waals surface area contributed by atoms with Crippen molar-refractivity contribution in [2.45, 2.75) is 12.5 Å². The van der Waals surface area contributed by atoms with Crippen molar-refractivity contribution in [3.63, 3.8) is 0 Å². The van der Waals surface area contributed by atoms with Crippen LogP contribution in [0.3, 0.4) is 0 Å². The molecule has 4 rings (SSSR count). The van der Waals surface area contributed by atoms with Crippen molar-refractivity contribution in [1.29, 1.82) is 0 Å². The van der Waals surface area contributed by atoms with Gasteiger partial charge in [0.25, 0.3) is 0 Å². The molecule has 1 aromatic heterocycles. The quantitative estimate of drug-likeness (QED) is 0.379. The zero-order valence-electron chi connectivity index (χ0n) is 16.5. The number of rotatable bonds is 9. The Bertz CT molecular complexity index is 1090. The average molecular weight is 390 g/mol. The fraction of sp³-hybridized carbons (Fsp3) is 0.250. The smallest absolute Gasteiger partial charge is 0.129 e. The summed E-state index contributed by atoms with van der Waals surface area (Å²) in [6, 6.07) is 22.1. The van der Waals surface area contributed by atoms with E-state index >= 15 is 0 Å². The standard InChI is InChI=1S/C24H26N2O3/c1-28-22-11-5-2-7-17(22)13-14-25-15-18(27)16-29-23-12-6-10-21-24(23)19-8-3-4-9-20(19)26-21/h2-12,18,25-27H,13-16H2,1H3. The van der Waals surface area contributed by atoms with Crippen LogP contribution in [0, 0.1) is 0 Å². The van der Waals surface area contributed by atoms with Crippen LogP contribution in [0.2, 0.25) is 0 Å². The van der Waals surface area contributed by atoms with Gasteiger partial charge in [0.2, 0.25) is 0 Å². The van der Waals surface area contributed by atoms with Gasteiger partial charge in [0, 0.05) is 22.8 Å². The molecule has 0 aliphatic heterocycles. The van der Waals surface area contributed by atoms with E-state index < -0.39 is 6.10 Å². The third kappa shape index (κ3) is 4.36. The summed E-state index contributed by atoms with van der Waals surface area (Å²) in [5.74, 6) is 1.68. The van der Waals surface area contributed by atoms with Crippen LogP contribution in [0.5, 0.6) is 11.5 Å². The monoisotopic (exact) mass is 390 g/mol. The van der Waals surface area contributed by atoms with E-state index in [9.17, 15) is 5.11 Å². The van der Waals surface area contributed by atoms with Gasteiger partial charge in [-0.2, -0.15) is 0 Å². The predicted molar refractivity (Wildman–Crippen MR) is 117 cm³/mol. The third-order valence-electron chi connectivity index (χ3n) is 5.07. The van der Waals surface area contributed by atoms with Crippen LogP contribution in [0.15, 0.2) is 66.7 Å². The maximum absolute atomic E-state index is 10.3. The molecule has 0 bridgehead atoms. The largest absolute Gasteiger partial charge is 0.496 e. The number of nitrogens with one attached hydrogen (secondary N) is 2. The molecule has 0 saturated carbocycles. The van der Waals surface area contributed by atoms with Gasteiger partial charge in [0.05, 0.1) is 12.6 Å². The topological polar surface area (TPSA) is 66.5 Å². The molecule has 3 aromatic carbocycles. The molecule has 0 aliphatic rings. The van der Waals surface area contributed by atoms with Gasteiger partial charge in [0.1, 0.15) is 24.2 Å². The number of fused-ring (bicyclic) bond motifs is 3. The fourth-order valence-corrected chi connectivity index (χ4v) is 3.63. The highest BCUT2D eigenvalue weighted by atomic mass is 16.5. The van der Waals surface area contributed by atoms with E-state index in [-0.39, 0.29) is 6.61 Å². The number of ether oxygens (including phenoxy) is 2. The Labute approximate surface area is 170 Å². The van der Waals surface area contributed by atoms with Gasteiger partial charge in [-0.25, -0.2) is 0 Å². The number of methoxy groups -OCH3 is 1. The first-order valence-electron chi connectivity index (χ1n) is 9.89. The molecule has 1 heterocycles. The zero-order chi connectivity index (χ0) is 20.1. The molecule has 1 unspecified atom stereocenters. The lowest BCUT2D eigenvalue weighted by Crippen LogP contribution is -2.32. The minimum atomic E-state index is -0.590. The van der Waals surface area contributed by atoms with Crippen molar-refractivity contribution in [2.24, 2.45) is 0 Å². The van der Waals surface area contributed by atoms with Gasteiger partial charge in [-0.3, -0.25) is 0 Å². The number of aliphatic hydroxyl groups excluding tert-OH is 1. The summed E-state index contributed by atoms with van der Waals surface area (Å²) in [5, 5.41) is 15.8. The van der Waals surface area contributed by atoms with Crippen molar-refractivity contribution in [3.05, 3.63) is 72.3 Å². The lowest BCUT2D eigenvalue weighted by molar-refractivity contribution is 0.107. The van der Waals surface area contributed by atoms with Gasteiger partial charge >= 0.3 is 0 Å². The Balaban J connectivity index is 1.31. The van der Waals surface area contributed by atoms with Gasteiger partial charge in [0.15, 0.2) is 0 Å². The van der Waals surface area contributed by atoms with Crippen molar-refractivity contribution >= 4 is 21.8 Å². The first kappa shape index (κ1) is 19.3. The molecule has 4 aromatic rings. The molecule has 5 nitrogen and oxygen atoms in total. The maximum atomic E-state index is 10.3. The first-order valence-corrected chi connectivity index (χ1v) is 9.89. The van der Waals surface area contributed by atoms with E-state index in [0.29, 0.717) is 6.54 Å². The Morgan fingerprint density at radius 1 is 0.931 bits per heavy atom. The molecule has 5 heteroatoms. The number of aromatic amines is 1. The molecule has 0 radical (unpaired) electrons. The fourth-order valence-electron chi connectivity index (χ4n) is 3.63. The van der Waals surface area contributed by atoms with E-state index in [1.165, 1.54) is 0 Å². The van der Waals surface area contributed by atoms with E-state index in [0.717, 1.165) is 51.8 Å². The molecule has 0 saturated heterocycles. The van der Waals surface area contributed by atoms with Gasteiger partial charge in [-0.15, -0.1) is 0 Å². The molecule has 0 fully saturated rings. The summed E-state index contributed by atoms with van der Waals surface area (Å²) in [4.78, 5) is 3.41. The highest BCUT2D eigenvalue weighted by Gasteiger charge is 2.11. The lowest BCUT2D eigenvalue weighted by atomic mass is 10.1. The van der Waals surface area contributed by atoms with Gasteiger partial charge in [-0.05, 0) is 42.8 Å². The minimum absolute atomic E-state index is 0.236. The summed E-state index contributed by atoms with van der Waals surface area (Å²) in [5.41, 5.74) is 3.27. The predicted octanol–water partition coefficient (Wildman–Crippen LogP) is 3.90. The molecule has 1 atom stereocenters. The van der Waals surface area contributed by atoms with Gasteiger partial charge in [-0.1, -0.05) is 42.5 Å². The number of H-pyrrole nitrogens is 1. The van der Waals surface area contributed by atoms with E-state index in [2.05, 4.69) is 28.5 Å². The molecule has 0 amide bonds. The van der Waals surface area contributed by atoms with Crippen LogP contribution in [0.1, 0.15) is 5.56 Å². The van der Waals surface area contributed by atoms with Crippen molar-refractivity contribution in [1.82, 2.24) is 10.3 Å². The molecule has 0 aliphatic carbocycles. The number of benzene rings is 3. The number of para-hydroxylation sites is 2. The van der Waals surface area contributed by atoms with E-state index in [4.69, 9.17) is 9.47 Å². The minimum Gasteiger partial charge on any atom is -0.496 e. The van der Waals surface area contributed by atoms with Crippen LogP contribution < -0.4 is 14.8 Å². The molecular weight excluding hydrogens is 364 g/mol. The lowest BCUT2D eigenvalue weighted by Gasteiger charge is -2.14. The Morgan fingerprint density at radius 2 is 1.69 bits per heavy atom. The summed E-state index contributed by atoms with van der Waals surface area (Å²) in [6.45, 7) is 1.47. The van der Waals surface area contributed by atoms with Crippen LogP contribution >= 0.6 is 0 Å². The number of aromatic nitrogens is 1. The highest BCUT2D eigenvalue weighted by Crippen LogP contribution is 2.32. The second-order valence-corrected chi connectivity index (χ2v) is 7.08. The average Bonchev–Trinajstić information content (AvgIpc) is 3.15. The van der Waals surface area contributed by atoms with Gasteiger partial charge < -0.3 is 24.9 Å². The van der Waals surface area contributed by atoms with Crippen LogP contribution in [0.25, 0.3) is 21.8 Å². The van der Waals surface area contributed by atoms with Crippen LogP contribution in [0.4, 0.5) is 0 Å². The van der Waals surface area contributed by atoms with Crippen molar-refractivity contribution in [3.8, 4) is 11.5 Å². The summed E-state index contributed by atoms with van der Waals surface area (Å²) < 4.78 is 11.3. The number of aliphatic hydroxyl groups is 1. The Hall–Kier alpha value is -3.02. The normalized spacial score (nSPS) is 12.3.